The SMILES string of the molecule is NC1C2CCCOC2C1NC(=O)Cn1cnnn1. The van der Waals surface area contributed by atoms with E-state index < -0.39 is 0 Å². The van der Waals surface area contributed by atoms with Gasteiger partial charge in [-0.2, -0.15) is 0 Å². The molecule has 3 N–H and O–H groups in total. The van der Waals surface area contributed by atoms with Crippen LogP contribution in [-0.4, -0.2) is 50.9 Å². The lowest BCUT2D eigenvalue weighted by Gasteiger charge is -2.52. The van der Waals surface area contributed by atoms with Gasteiger partial charge < -0.3 is 15.8 Å². The Bertz CT molecular complexity index is 422. The molecule has 8 heteroatoms. The van der Waals surface area contributed by atoms with Crippen molar-refractivity contribution in [3.63, 3.8) is 0 Å². The molecule has 8 nitrogen and oxygen atoms in total. The number of hydrogen-bond donors (Lipinski definition) is 2. The Morgan fingerprint density at radius 2 is 2.50 bits per heavy atom. The van der Waals surface area contributed by atoms with Gasteiger partial charge in [0.25, 0.3) is 0 Å². The van der Waals surface area contributed by atoms with Gasteiger partial charge in [-0.1, -0.05) is 0 Å². The fourth-order valence-corrected chi connectivity index (χ4v) is 2.76. The van der Waals surface area contributed by atoms with E-state index in [4.69, 9.17) is 10.5 Å². The third-order valence-corrected chi connectivity index (χ3v) is 3.70. The smallest absolute Gasteiger partial charge is 0.242 e. The van der Waals surface area contributed by atoms with Gasteiger partial charge in [-0.05, 0) is 23.3 Å². The zero-order valence-electron chi connectivity index (χ0n) is 9.90. The Morgan fingerprint density at radius 3 is 3.28 bits per heavy atom. The van der Waals surface area contributed by atoms with Crippen LogP contribution in [0.4, 0.5) is 0 Å². The first kappa shape index (κ1) is 11.5. The number of nitrogens with one attached hydrogen (secondary N) is 1. The molecule has 98 valence electrons. The summed E-state index contributed by atoms with van der Waals surface area (Å²) < 4.78 is 7.03. The molecule has 18 heavy (non-hydrogen) atoms. The molecule has 0 spiro atoms. The minimum absolute atomic E-state index is 0.00637. The van der Waals surface area contributed by atoms with Gasteiger partial charge in [-0.25, -0.2) is 4.68 Å². The van der Waals surface area contributed by atoms with Crippen LogP contribution in [0.2, 0.25) is 0 Å². The van der Waals surface area contributed by atoms with Crippen LogP contribution >= 0.6 is 0 Å². The molecule has 0 aromatic carbocycles. The monoisotopic (exact) mass is 252 g/mol. The van der Waals surface area contributed by atoms with E-state index in [2.05, 4.69) is 20.8 Å². The summed E-state index contributed by atoms with van der Waals surface area (Å²) in [7, 11) is 0. The fraction of sp³-hybridized carbons (Fsp3) is 0.800. The second-order valence-corrected chi connectivity index (χ2v) is 4.82. The number of aromatic nitrogens is 4. The van der Waals surface area contributed by atoms with E-state index in [0.29, 0.717) is 5.92 Å². The van der Waals surface area contributed by atoms with E-state index in [1.54, 1.807) is 0 Å². The van der Waals surface area contributed by atoms with Crippen LogP contribution in [0.3, 0.4) is 0 Å². The van der Waals surface area contributed by atoms with E-state index in [1.165, 1.54) is 11.0 Å². The quantitative estimate of drug-likeness (QED) is 0.663. The number of tetrazole rings is 1. The van der Waals surface area contributed by atoms with E-state index in [1.807, 2.05) is 0 Å². The second kappa shape index (κ2) is 4.62. The average Bonchev–Trinajstić information content (AvgIpc) is 2.88. The minimum Gasteiger partial charge on any atom is -0.376 e. The first-order valence-corrected chi connectivity index (χ1v) is 6.13. The van der Waals surface area contributed by atoms with Crippen molar-refractivity contribution in [3.8, 4) is 0 Å². The molecular weight excluding hydrogens is 236 g/mol. The van der Waals surface area contributed by atoms with Gasteiger partial charge in [-0.15, -0.1) is 5.10 Å². The van der Waals surface area contributed by atoms with Gasteiger partial charge in [0.2, 0.25) is 5.91 Å². The number of carbonyl (C=O) groups is 1. The number of carbonyl (C=O) groups excluding carboxylic acids is 1. The zero-order chi connectivity index (χ0) is 12.5. The van der Waals surface area contributed by atoms with Gasteiger partial charge in [0, 0.05) is 18.6 Å². The van der Waals surface area contributed by atoms with Crippen LogP contribution in [-0.2, 0) is 16.1 Å². The van der Waals surface area contributed by atoms with Crippen LogP contribution in [0.25, 0.3) is 0 Å². The molecule has 2 fully saturated rings. The lowest BCUT2D eigenvalue weighted by molar-refractivity contribution is -0.139. The van der Waals surface area contributed by atoms with Gasteiger partial charge in [-0.3, -0.25) is 4.79 Å². The predicted molar refractivity (Wildman–Crippen MR) is 60.2 cm³/mol. The zero-order valence-corrected chi connectivity index (χ0v) is 9.90. The highest BCUT2D eigenvalue weighted by atomic mass is 16.5. The summed E-state index contributed by atoms with van der Waals surface area (Å²) in [5.74, 6) is 0.243. The van der Waals surface area contributed by atoms with Crippen molar-refractivity contribution in [1.82, 2.24) is 25.5 Å². The number of fused-ring (bicyclic) bond motifs is 1. The maximum absolute atomic E-state index is 11.8. The number of nitrogens with zero attached hydrogens (tertiary/aromatic N) is 4. The van der Waals surface area contributed by atoms with Gasteiger partial charge in [0.1, 0.15) is 12.9 Å². The van der Waals surface area contributed by atoms with Gasteiger partial charge in [0.05, 0.1) is 12.1 Å². The Hall–Kier alpha value is -1.54. The number of ether oxygens (including phenoxy) is 1. The average molecular weight is 252 g/mol. The molecule has 1 saturated heterocycles. The molecule has 0 bridgehead atoms. The standard InChI is InChI=1S/C10H16N6O2/c11-8-6-2-1-3-18-10(6)9(8)13-7(17)4-16-5-12-14-15-16/h5-6,8-10H,1-4,11H2,(H,13,17). The van der Waals surface area contributed by atoms with E-state index in [0.717, 1.165) is 19.4 Å². The topological polar surface area (TPSA) is 108 Å². The molecule has 1 amide bonds. The fourth-order valence-electron chi connectivity index (χ4n) is 2.76. The molecule has 1 aliphatic carbocycles. The summed E-state index contributed by atoms with van der Waals surface area (Å²) in [6.07, 6.45) is 3.62. The van der Waals surface area contributed by atoms with Crippen LogP contribution in [0.5, 0.6) is 0 Å². The molecular formula is C10H16N6O2. The third-order valence-electron chi connectivity index (χ3n) is 3.70. The van der Waals surface area contributed by atoms with Crippen molar-refractivity contribution in [1.29, 1.82) is 0 Å². The van der Waals surface area contributed by atoms with Crippen molar-refractivity contribution in [2.24, 2.45) is 11.7 Å². The molecule has 1 aromatic rings. The second-order valence-electron chi connectivity index (χ2n) is 4.82. The van der Waals surface area contributed by atoms with E-state index >= 15 is 0 Å². The van der Waals surface area contributed by atoms with Crippen molar-refractivity contribution < 1.29 is 9.53 Å². The van der Waals surface area contributed by atoms with E-state index in [9.17, 15) is 4.79 Å². The molecule has 4 unspecified atom stereocenters. The first-order valence-electron chi connectivity index (χ1n) is 6.13. The van der Waals surface area contributed by atoms with Gasteiger partial charge in [0.15, 0.2) is 0 Å². The Morgan fingerprint density at radius 1 is 1.61 bits per heavy atom. The summed E-state index contributed by atoms with van der Waals surface area (Å²) in [4.78, 5) is 11.8. The van der Waals surface area contributed by atoms with Crippen LogP contribution in [0, 0.1) is 5.92 Å². The van der Waals surface area contributed by atoms with E-state index in [-0.39, 0.29) is 30.6 Å². The largest absolute Gasteiger partial charge is 0.376 e. The predicted octanol–water partition coefficient (Wildman–Crippen LogP) is -1.71. The maximum Gasteiger partial charge on any atom is 0.242 e. The highest BCUT2D eigenvalue weighted by molar-refractivity contribution is 5.76. The number of rotatable bonds is 3. The molecule has 4 atom stereocenters. The lowest BCUT2D eigenvalue weighted by atomic mass is 9.68. The van der Waals surface area contributed by atoms with Crippen LogP contribution < -0.4 is 11.1 Å². The summed E-state index contributed by atoms with van der Waals surface area (Å²) >= 11 is 0. The maximum atomic E-state index is 11.8. The van der Waals surface area contributed by atoms with Crippen molar-refractivity contribution >= 4 is 5.91 Å². The molecule has 0 radical (unpaired) electrons. The number of hydrogen-bond acceptors (Lipinski definition) is 6. The molecule has 2 heterocycles. The van der Waals surface area contributed by atoms with Crippen molar-refractivity contribution in [2.45, 2.75) is 37.6 Å². The number of amides is 1. The summed E-state index contributed by atoms with van der Waals surface area (Å²) in [5, 5.41) is 13.5. The normalized spacial score (nSPS) is 34.5. The molecule has 3 rings (SSSR count). The van der Waals surface area contributed by atoms with Crippen LogP contribution in [0.1, 0.15) is 12.8 Å². The van der Waals surface area contributed by atoms with Crippen molar-refractivity contribution in [2.75, 3.05) is 6.61 Å². The Kier molecular flexibility index (Phi) is 2.96. The Labute approximate surface area is 104 Å². The summed E-state index contributed by atoms with van der Waals surface area (Å²) in [6, 6.07) is -0.0904. The summed E-state index contributed by atoms with van der Waals surface area (Å²) in [5.41, 5.74) is 6.06. The minimum atomic E-state index is -0.143. The Balaban J connectivity index is 1.55. The molecule has 1 saturated carbocycles. The molecule has 2 aliphatic rings. The third kappa shape index (κ3) is 1.97. The highest BCUT2D eigenvalue weighted by Gasteiger charge is 2.50. The highest BCUT2D eigenvalue weighted by Crippen LogP contribution is 2.36. The van der Waals surface area contributed by atoms with Crippen LogP contribution in [0.15, 0.2) is 6.33 Å². The molecule has 1 aromatic heterocycles. The van der Waals surface area contributed by atoms with Gasteiger partial charge >= 0.3 is 0 Å². The molecule has 1 aliphatic heterocycles. The number of nitrogens with two attached hydrogens (primary N) is 1. The summed E-state index contributed by atoms with van der Waals surface area (Å²) in [6.45, 7) is 0.862. The van der Waals surface area contributed by atoms with Crippen molar-refractivity contribution in [3.05, 3.63) is 6.33 Å². The lowest BCUT2D eigenvalue weighted by Crippen LogP contribution is -2.72. The first-order chi connectivity index (χ1) is 8.75.